The third-order valence-electron chi connectivity index (χ3n) is 4.05. The Morgan fingerprint density at radius 2 is 2.06 bits per heavy atom. The van der Waals surface area contributed by atoms with Gasteiger partial charge in [0.2, 0.25) is 0 Å². The molecule has 0 saturated carbocycles. The average molecular weight is 241 g/mol. The smallest absolute Gasteiger partial charge is 0.0274 e. The van der Waals surface area contributed by atoms with Crippen LogP contribution >= 0.6 is 0 Å². The second-order valence-corrected chi connectivity index (χ2v) is 6.30. The zero-order chi connectivity index (χ0) is 12.9. The Labute approximate surface area is 108 Å². The van der Waals surface area contributed by atoms with Crippen molar-refractivity contribution < 1.29 is 0 Å². The standard InChI is InChI=1S/C14H31N3/c1-6-8-15-10-13-7-9-17(11-13)12-14(2,3)16(4)5/h13,15H,6-12H2,1-5H3. The van der Waals surface area contributed by atoms with Gasteiger partial charge in [-0.3, -0.25) is 0 Å². The zero-order valence-electron chi connectivity index (χ0n) is 12.4. The molecule has 0 spiro atoms. The summed E-state index contributed by atoms with van der Waals surface area (Å²) in [5, 5.41) is 3.55. The second-order valence-electron chi connectivity index (χ2n) is 6.30. The molecule has 1 unspecified atom stereocenters. The molecule has 0 aromatic heterocycles. The van der Waals surface area contributed by atoms with E-state index >= 15 is 0 Å². The van der Waals surface area contributed by atoms with Crippen molar-refractivity contribution in [2.75, 3.05) is 46.8 Å². The molecule has 1 aliphatic rings. The molecular formula is C14H31N3. The first-order valence-corrected chi connectivity index (χ1v) is 7.06. The quantitative estimate of drug-likeness (QED) is 0.684. The highest BCUT2D eigenvalue weighted by atomic mass is 15.2. The van der Waals surface area contributed by atoms with Crippen molar-refractivity contribution in [2.24, 2.45) is 5.92 Å². The molecule has 1 atom stereocenters. The SMILES string of the molecule is CCCNCC1CCN(CC(C)(C)N(C)C)C1. The van der Waals surface area contributed by atoms with Crippen LogP contribution in [0, 0.1) is 5.92 Å². The third kappa shape index (κ3) is 4.94. The van der Waals surface area contributed by atoms with Crippen LogP contribution in [0.4, 0.5) is 0 Å². The molecule has 1 fully saturated rings. The molecule has 0 radical (unpaired) electrons. The molecule has 0 aromatic carbocycles. The molecule has 0 bridgehead atoms. The first-order valence-electron chi connectivity index (χ1n) is 7.06. The normalized spacial score (nSPS) is 22.6. The van der Waals surface area contributed by atoms with Crippen LogP contribution in [-0.2, 0) is 0 Å². The van der Waals surface area contributed by atoms with E-state index < -0.39 is 0 Å². The van der Waals surface area contributed by atoms with Gasteiger partial charge in [0.15, 0.2) is 0 Å². The first-order chi connectivity index (χ1) is 7.95. The lowest BCUT2D eigenvalue weighted by molar-refractivity contribution is 0.131. The predicted molar refractivity (Wildman–Crippen MR) is 75.5 cm³/mol. The van der Waals surface area contributed by atoms with Crippen molar-refractivity contribution in [3.63, 3.8) is 0 Å². The molecule has 1 N–H and O–H groups in total. The largest absolute Gasteiger partial charge is 0.316 e. The highest BCUT2D eigenvalue weighted by Gasteiger charge is 2.28. The van der Waals surface area contributed by atoms with Gasteiger partial charge in [0.25, 0.3) is 0 Å². The fraction of sp³-hybridized carbons (Fsp3) is 1.00. The van der Waals surface area contributed by atoms with Crippen molar-refractivity contribution >= 4 is 0 Å². The lowest BCUT2D eigenvalue weighted by Crippen LogP contribution is -2.47. The van der Waals surface area contributed by atoms with Crippen molar-refractivity contribution in [3.8, 4) is 0 Å². The lowest BCUT2D eigenvalue weighted by atomic mass is 10.0. The topological polar surface area (TPSA) is 18.5 Å². The maximum atomic E-state index is 3.55. The summed E-state index contributed by atoms with van der Waals surface area (Å²) in [6.07, 6.45) is 2.60. The third-order valence-corrected chi connectivity index (χ3v) is 4.05. The van der Waals surface area contributed by atoms with E-state index in [1.807, 2.05) is 0 Å². The molecule has 3 heteroatoms. The number of hydrogen-bond acceptors (Lipinski definition) is 3. The van der Waals surface area contributed by atoms with Gasteiger partial charge in [-0.2, -0.15) is 0 Å². The van der Waals surface area contributed by atoms with Crippen molar-refractivity contribution in [3.05, 3.63) is 0 Å². The first kappa shape index (κ1) is 14.9. The molecular weight excluding hydrogens is 210 g/mol. The van der Waals surface area contributed by atoms with E-state index in [4.69, 9.17) is 0 Å². The fourth-order valence-corrected chi connectivity index (χ4v) is 2.39. The monoisotopic (exact) mass is 241 g/mol. The summed E-state index contributed by atoms with van der Waals surface area (Å²) in [7, 11) is 4.35. The molecule has 1 heterocycles. The van der Waals surface area contributed by atoms with E-state index in [1.165, 1.54) is 45.6 Å². The Hall–Kier alpha value is -0.120. The van der Waals surface area contributed by atoms with E-state index in [9.17, 15) is 0 Å². The van der Waals surface area contributed by atoms with Crippen molar-refractivity contribution in [1.29, 1.82) is 0 Å². The Kier molecular flexibility index (Phi) is 5.90. The van der Waals surface area contributed by atoms with E-state index in [0.717, 1.165) is 5.92 Å². The van der Waals surface area contributed by atoms with Crippen LogP contribution in [0.2, 0.25) is 0 Å². The summed E-state index contributed by atoms with van der Waals surface area (Å²) in [5.41, 5.74) is 0.283. The van der Waals surface area contributed by atoms with Crippen LogP contribution in [0.15, 0.2) is 0 Å². The Morgan fingerprint density at radius 3 is 2.65 bits per heavy atom. The molecule has 1 aliphatic heterocycles. The molecule has 102 valence electrons. The zero-order valence-corrected chi connectivity index (χ0v) is 12.4. The molecule has 0 amide bonds. The number of likely N-dealkylation sites (N-methyl/N-ethyl adjacent to an activating group) is 1. The van der Waals surface area contributed by atoms with Gasteiger partial charge in [-0.25, -0.2) is 0 Å². The van der Waals surface area contributed by atoms with Crippen LogP contribution in [0.1, 0.15) is 33.6 Å². The number of nitrogens with one attached hydrogen (secondary N) is 1. The summed E-state index contributed by atoms with van der Waals surface area (Å²) in [5.74, 6) is 0.861. The molecule has 1 saturated heterocycles. The van der Waals surface area contributed by atoms with Crippen LogP contribution < -0.4 is 5.32 Å². The summed E-state index contributed by atoms with van der Waals surface area (Å²) < 4.78 is 0. The highest BCUT2D eigenvalue weighted by molar-refractivity contribution is 4.86. The van der Waals surface area contributed by atoms with Gasteiger partial charge in [0, 0.05) is 18.6 Å². The predicted octanol–water partition coefficient (Wildman–Crippen LogP) is 1.65. The van der Waals surface area contributed by atoms with Crippen LogP contribution in [0.3, 0.4) is 0 Å². The minimum atomic E-state index is 0.283. The maximum Gasteiger partial charge on any atom is 0.0274 e. The summed E-state index contributed by atoms with van der Waals surface area (Å²) >= 11 is 0. The van der Waals surface area contributed by atoms with Gasteiger partial charge in [0.1, 0.15) is 0 Å². The average Bonchev–Trinajstić information content (AvgIpc) is 2.65. The van der Waals surface area contributed by atoms with Gasteiger partial charge in [-0.15, -0.1) is 0 Å². The summed E-state index contributed by atoms with van der Waals surface area (Å²) in [6, 6.07) is 0. The van der Waals surface area contributed by atoms with Crippen molar-refractivity contribution in [2.45, 2.75) is 39.2 Å². The van der Waals surface area contributed by atoms with E-state index in [2.05, 4.69) is 50.0 Å². The van der Waals surface area contributed by atoms with Gasteiger partial charge in [-0.05, 0) is 66.3 Å². The summed E-state index contributed by atoms with van der Waals surface area (Å²) in [6.45, 7) is 13.0. The molecule has 0 aromatic rings. The van der Waals surface area contributed by atoms with Gasteiger partial charge in [-0.1, -0.05) is 6.92 Å². The van der Waals surface area contributed by atoms with Gasteiger partial charge >= 0.3 is 0 Å². The Morgan fingerprint density at radius 1 is 1.35 bits per heavy atom. The second kappa shape index (κ2) is 6.72. The number of hydrogen-bond donors (Lipinski definition) is 1. The minimum absolute atomic E-state index is 0.283. The molecule has 1 rings (SSSR count). The number of likely N-dealkylation sites (tertiary alicyclic amines) is 1. The van der Waals surface area contributed by atoms with Gasteiger partial charge < -0.3 is 15.1 Å². The van der Waals surface area contributed by atoms with Gasteiger partial charge in [0.05, 0.1) is 0 Å². The van der Waals surface area contributed by atoms with Crippen LogP contribution in [0.25, 0.3) is 0 Å². The molecule has 17 heavy (non-hydrogen) atoms. The van der Waals surface area contributed by atoms with E-state index in [0.29, 0.717) is 0 Å². The Bertz CT molecular complexity index is 214. The minimum Gasteiger partial charge on any atom is -0.316 e. The molecule has 3 nitrogen and oxygen atoms in total. The number of rotatable bonds is 7. The van der Waals surface area contributed by atoms with Crippen LogP contribution in [0.5, 0.6) is 0 Å². The lowest BCUT2D eigenvalue weighted by Gasteiger charge is -2.36. The fourth-order valence-electron chi connectivity index (χ4n) is 2.39. The van der Waals surface area contributed by atoms with E-state index in [1.54, 1.807) is 0 Å². The van der Waals surface area contributed by atoms with Crippen LogP contribution in [-0.4, -0.2) is 62.2 Å². The molecule has 0 aliphatic carbocycles. The van der Waals surface area contributed by atoms with E-state index in [-0.39, 0.29) is 5.54 Å². The Balaban J connectivity index is 2.26. The maximum absolute atomic E-state index is 3.55. The number of nitrogens with zero attached hydrogens (tertiary/aromatic N) is 2. The summed E-state index contributed by atoms with van der Waals surface area (Å²) in [4.78, 5) is 4.95. The van der Waals surface area contributed by atoms with Crippen molar-refractivity contribution in [1.82, 2.24) is 15.1 Å². The highest BCUT2D eigenvalue weighted by Crippen LogP contribution is 2.20.